The van der Waals surface area contributed by atoms with Crippen LogP contribution in [0.1, 0.15) is 0 Å². The highest BCUT2D eigenvalue weighted by molar-refractivity contribution is 5.52. The fourth-order valence-electron chi connectivity index (χ4n) is 1.20. The van der Waals surface area contributed by atoms with E-state index in [9.17, 15) is 52.7 Å². The van der Waals surface area contributed by atoms with Gasteiger partial charge in [0.1, 0.15) is 5.57 Å². The molecule has 1 rings (SSSR count). The Morgan fingerprint density at radius 2 is 1.19 bits per heavy atom. The van der Waals surface area contributed by atoms with Crippen molar-refractivity contribution in [1.29, 1.82) is 0 Å². The van der Waals surface area contributed by atoms with E-state index in [1.807, 2.05) is 0 Å². The van der Waals surface area contributed by atoms with Gasteiger partial charge < -0.3 is 0 Å². The topological polar surface area (TPSA) is 0 Å². The van der Waals surface area contributed by atoms with Crippen LogP contribution < -0.4 is 0 Å². The maximum absolute atomic E-state index is 13.0. The quantitative estimate of drug-likeness (QED) is 0.566. The largest absolute Gasteiger partial charge is 0.460 e. The zero-order valence-corrected chi connectivity index (χ0v) is 9.04. The summed E-state index contributed by atoms with van der Waals surface area (Å²) in [7, 11) is 0. The van der Waals surface area contributed by atoms with Crippen LogP contribution in [0.5, 0.6) is 0 Å². The summed E-state index contributed by atoms with van der Waals surface area (Å²) in [6.07, 6.45) is -6.80. The minimum absolute atomic E-state index is 3.17. The highest BCUT2D eigenvalue weighted by atomic mass is 19.4. The Kier molecular flexibility index (Phi) is 3.90. The van der Waals surface area contributed by atoms with E-state index in [-0.39, 0.29) is 0 Å². The van der Waals surface area contributed by atoms with E-state index < -0.39 is 52.7 Å². The molecule has 0 unspecified atom stereocenters. The third-order valence-electron chi connectivity index (χ3n) is 2.24. The molecule has 1 aliphatic carbocycles. The fourth-order valence-corrected chi connectivity index (χ4v) is 1.20. The normalized spacial score (nSPS) is 22.9. The molecule has 0 nitrogen and oxygen atoms in total. The Labute approximate surface area is 107 Å². The van der Waals surface area contributed by atoms with Gasteiger partial charge >= 0.3 is 18.0 Å². The highest BCUT2D eigenvalue weighted by Crippen LogP contribution is 2.53. The van der Waals surface area contributed by atoms with Gasteiger partial charge in [0.15, 0.2) is 23.3 Å². The average molecular weight is 336 g/mol. The zero-order chi connectivity index (χ0) is 17.0. The summed E-state index contributed by atoms with van der Waals surface area (Å²) >= 11 is 0. The van der Waals surface area contributed by atoms with Gasteiger partial charge in [0.25, 0.3) is 0 Å². The number of hydrogen-bond acceptors (Lipinski definition) is 0. The molecule has 0 aromatic rings. The SMILES string of the molecule is FC1=C(F)C(=C(F)C(F)(F)C(F)(F)F)C(F)(F)C(F)=C1F. The van der Waals surface area contributed by atoms with Crippen LogP contribution >= 0.6 is 0 Å². The molecule has 1 aliphatic rings. The molecule has 0 aromatic carbocycles. The highest BCUT2D eigenvalue weighted by Gasteiger charge is 2.65. The molecule has 0 bridgehead atoms. The van der Waals surface area contributed by atoms with Crippen molar-refractivity contribution < 1.29 is 52.7 Å². The maximum atomic E-state index is 13.0. The molecule has 0 saturated carbocycles. The van der Waals surface area contributed by atoms with Crippen LogP contribution in [0, 0.1) is 0 Å². The van der Waals surface area contributed by atoms with Gasteiger partial charge in [0, 0.05) is 0 Å². The van der Waals surface area contributed by atoms with Gasteiger partial charge in [-0.25, -0.2) is 22.0 Å². The van der Waals surface area contributed by atoms with Crippen molar-refractivity contribution in [1.82, 2.24) is 0 Å². The van der Waals surface area contributed by atoms with Crippen molar-refractivity contribution in [2.75, 3.05) is 0 Å². The molecule has 0 spiro atoms. The summed E-state index contributed by atoms with van der Waals surface area (Å²) in [5.74, 6) is -30.0. The van der Waals surface area contributed by atoms with E-state index in [0.29, 0.717) is 0 Å². The molecule has 0 aromatic heterocycles. The van der Waals surface area contributed by atoms with Crippen molar-refractivity contribution in [2.45, 2.75) is 18.0 Å². The van der Waals surface area contributed by atoms with Crippen LogP contribution in [0.2, 0.25) is 0 Å². The first kappa shape index (κ1) is 17.4. The summed E-state index contributed by atoms with van der Waals surface area (Å²) in [6.45, 7) is 0. The van der Waals surface area contributed by atoms with Crippen molar-refractivity contribution in [3.8, 4) is 0 Å². The maximum Gasteiger partial charge on any atom is 0.460 e. The number of halogens is 12. The molecule has 0 heterocycles. The van der Waals surface area contributed by atoms with E-state index in [1.165, 1.54) is 0 Å². The zero-order valence-electron chi connectivity index (χ0n) is 9.04. The van der Waals surface area contributed by atoms with Crippen LogP contribution in [0.25, 0.3) is 0 Å². The van der Waals surface area contributed by atoms with E-state index in [2.05, 4.69) is 0 Å². The smallest absolute Gasteiger partial charge is 0.204 e. The molecule has 0 atom stereocenters. The second-order valence-corrected chi connectivity index (χ2v) is 3.59. The molecule has 0 N–H and O–H groups in total. The number of rotatable bonds is 1. The lowest BCUT2D eigenvalue weighted by Gasteiger charge is -2.25. The standard InChI is InChI=1S/C9F12/c10-2-1(5(13)8(17,18)9(19,20)21)7(15,16)6(14)4(12)3(2)11. The first-order valence-electron chi connectivity index (χ1n) is 4.52. The fraction of sp³-hybridized carbons (Fsp3) is 0.333. The van der Waals surface area contributed by atoms with Crippen molar-refractivity contribution in [2.24, 2.45) is 0 Å². The second kappa shape index (κ2) is 4.70. The van der Waals surface area contributed by atoms with Crippen molar-refractivity contribution >= 4 is 0 Å². The molecule has 0 amide bonds. The third kappa shape index (κ3) is 2.39. The number of alkyl halides is 7. The van der Waals surface area contributed by atoms with Crippen molar-refractivity contribution in [3.63, 3.8) is 0 Å². The van der Waals surface area contributed by atoms with Crippen LogP contribution in [-0.2, 0) is 0 Å². The molecule has 21 heavy (non-hydrogen) atoms. The molecule has 0 aliphatic heterocycles. The van der Waals surface area contributed by atoms with Gasteiger partial charge in [0.2, 0.25) is 5.83 Å². The number of hydrogen-bond donors (Lipinski definition) is 0. The van der Waals surface area contributed by atoms with E-state index in [4.69, 9.17) is 0 Å². The third-order valence-corrected chi connectivity index (χ3v) is 2.24. The van der Waals surface area contributed by atoms with E-state index in [0.717, 1.165) is 0 Å². The Morgan fingerprint density at radius 3 is 1.57 bits per heavy atom. The molecular weight excluding hydrogens is 336 g/mol. The van der Waals surface area contributed by atoms with Crippen LogP contribution in [0.3, 0.4) is 0 Å². The van der Waals surface area contributed by atoms with Gasteiger partial charge in [-0.3, -0.25) is 0 Å². The van der Waals surface area contributed by atoms with Gasteiger partial charge in [-0.2, -0.15) is 30.7 Å². The first-order chi connectivity index (χ1) is 9.17. The number of allylic oxidation sites excluding steroid dienone is 6. The van der Waals surface area contributed by atoms with Gasteiger partial charge in [-0.1, -0.05) is 0 Å². The van der Waals surface area contributed by atoms with Gasteiger partial charge in [-0.15, -0.1) is 0 Å². The second-order valence-electron chi connectivity index (χ2n) is 3.59. The average Bonchev–Trinajstić information content (AvgIpc) is 2.32. The predicted octanol–water partition coefficient (Wildman–Crippen LogP) is 5.36. The molecular formula is C9F12. The lowest BCUT2D eigenvalue weighted by atomic mass is 9.96. The summed E-state index contributed by atoms with van der Waals surface area (Å²) in [5, 5.41) is 0. The Balaban J connectivity index is 3.74. The monoisotopic (exact) mass is 336 g/mol. The predicted molar refractivity (Wildman–Crippen MR) is 42.6 cm³/mol. The van der Waals surface area contributed by atoms with E-state index in [1.54, 1.807) is 0 Å². The van der Waals surface area contributed by atoms with Crippen molar-refractivity contribution in [3.05, 3.63) is 34.7 Å². The molecule has 0 fully saturated rings. The Hall–Kier alpha value is -1.62. The van der Waals surface area contributed by atoms with Crippen LogP contribution in [0.4, 0.5) is 52.7 Å². The Bertz CT molecular complexity index is 558. The lowest BCUT2D eigenvalue weighted by Crippen LogP contribution is -2.40. The summed E-state index contributed by atoms with van der Waals surface area (Å²) in [4.78, 5) is 0. The summed E-state index contributed by atoms with van der Waals surface area (Å²) in [6, 6.07) is 0. The molecule has 0 radical (unpaired) electrons. The first-order valence-corrected chi connectivity index (χ1v) is 4.52. The van der Waals surface area contributed by atoms with Crippen LogP contribution in [0.15, 0.2) is 34.7 Å². The van der Waals surface area contributed by atoms with Crippen LogP contribution in [-0.4, -0.2) is 18.0 Å². The minimum atomic E-state index is -6.80. The lowest BCUT2D eigenvalue weighted by molar-refractivity contribution is -0.271. The minimum Gasteiger partial charge on any atom is -0.204 e. The van der Waals surface area contributed by atoms with E-state index >= 15 is 0 Å². The molecule has 12 heteroatoms. The van der Waals surface area contributed by atoms with Gasteiger partial charge in [-0.05, 0) is 0 Å². The molecule has 120 valence electrons. The summed E-state index contributed by atoms with van der Waals surface area (Å²) in [5.41, 5.74) is -3.57. The Morgan fingerprint density at radius 1 is 0.762 bits per heavy atom. The van der Waals surface area contributed by atoms with Gasteiger partial charge in [0.05, 0.1) is 0 Å². The summed E-state index contributed by atoms with van der Waals surface area (Å²) < 4.78 is 150. The molecule has 0 saturated heterocycles.